The van der Waals surface area contributed by atoms with Gasteiger partial charge in [0.2, 0.25) is 0 Å². The minimum atomic E-state index is -0.376. The normalized spacial score (nSPS) is 14.2. The summed E-state index contributed by atoms with van der Waals surface area (Å²) in [6.45, 7) is 6.42. The van der Waals surface area contributed by atoms with Crippen molar-refractivity contribution in [3.8, 4) is 0 Å². The van der Waals surface area contributed by atoms with Crippen molar-refractivity contribution < 1.29 is 5.11 Å². The van der Waals surface area contributed by atoms with Crippen LogP contribution in [-0.2, 0) is 6.54 Å². The van der Waals surface area contributed by atoms with Gasteiger partial charge in [0.05, 0.1) is 18.0 Å². The molecule has 5 nitrogen and oxygen atoms in total. The molecule has 1 heterocycles. The number of hydrogen-bond acceptors (Lipinski definition) is 4. The molecule has 0 radical (unpaired) electrons. The van der Waals surface area contributed by atoms with Crippen molar-refractivity contribution in [1.29, 1.82) is 0 Å². The molecule has 19 heavy (non-hydrogen) atoms. The van der Waals surface area contributed by atoms with E-state index in [4.69, 9.17) is 0 Å². The first kappa shape index (κ1) is 16.2. The van der Waals surface area contributed by atoms with E-state index in [1.54, 1.807) is 13.1 Å². The van der Waals surface area contributed by atoms with E-state index in [1.807, 2.05) is 6.92 Å². The first-order valence-corrected chi connectivity index (χ1v) is 7.45. The van der Waals surface area contributed by atoms with Crippen molar-refractivity contribution in [1.82, 2.24) is 9.78 Å². The fourth-order valence-corrected chi connectivity index (χ4v) is 2.29. The molecule has 0 fully saturated rings. The van der Waals surface area contributed by atoms with Crippen molar-refractivity contribution in [3.63, 3.8) is 0 Å². The van der Waals surface area contributed by atoms with Crippen molar-refractivity contribution in [3.05, 3.63) is 21.0 Å². The largest absolute Gasteiger partial charge is 0.393 e. The van der Waals surface area contributed by atoms with Gasteiger partial charge < -0.3 is 10.4 Å². The molecule has 2 atom stereocenters. The first-order chi connectivity index (χ1) is 8.95. The van der Waals surface area contributed by atoms with Crippen LogP contribution in [0.25, 0.3) is 0 Å². The second-order valence-corrected chi connectivity index (χ2v) is 5.68. The Hall–Kier alpha value is -0.880. The third-order valence-electron chi connectivity index (χ3n) is 2.80. The summed E-state index contributed by atoms with van der Waals surface area (Å²) in [5, 5.41) is 16.7. The van der Waals surface area contributed by atoms with Crippen molar-refractivity contribution in [2.24, 2.45) is 0 Å². The lowest BCUT2D eigenvalue weighted by atomic mass is 10.1. The SMILES string of the molecule is CCCCn1ncc(NC(C)CC(C)O)c(Br)c1=O. The number of aliphatic hydroxyl groups is 1. The maximum atomic E-state index is 12.1. The monoisotopic (exact) mass is 331 g/mol. The number of anilines is 1. The summed E-state index contributed by atoms with van der Waals surface area (Å²) >= 11 is 3.32. The Bertz CT molecular complexity index is 460. The van der Waals surface area contributed by atoms with Crippen LogP contribution >= 0.6 is 15.9 Å². The van der Waals surface area contributed by atoms with Gasteiger partial charge in [0.25, 0.3) is 5.56 Å². The molecule has 1 aromatic heterocycles. The minimum absolute atomic E-state index is 0.0731. The number of aromatic nitrogens is 2. The van der Waals surface area contributed by atoms with Crippen molar-refractivity contribution in [2.45, 2.75) is 58.7 Å². The Kier molecular flexibility index (Phi) is 6.51. The lowest BCUT2D eigenvalue weighted by Crippen LogP contribution is -2.27. The fourth-order valence-electron chi connectivity index (χ4n) is 1.87. The first-order valence-electron chi connectivity index (χ1n) is 6.65. The van der Waals surface area contributed by atoms with Crippen LogP contribution in [0, 0.1) is 0 Å². The van der Waals surface area contributed by atoms with Gasteiger partial charge in [-0.2, -0.15) is 5.10 Å². The topological polar surface area (TPSA) is 67.2 Å². The van der Waals surface area contributed by atoms with Gasteiger partial charge in [-0.15, -0.1) is 0 Å². The molecule has 2 N–H and O–H groups in total. The van der Waals surface area contributed by atoms with Crippen LogP contribution in [0.2, 0.25) is 0 Å². The van der Waals surface area contributed by atoms with Gasteiger partial charge in [-0.05, 0) is 42.6 Å². The summed E-state index contributed by atoms with van der Waals surface area (Å²) in [6, 6.07) is 0.0731. The molecule has 2 unspecified atom stereocenters. The molecule has 108 valence electrons. The molecule has 0 spiro atoms. The molecule has 0 aromatic carbocycles. The van der Waals surface area contributed by atoms with Crippen molar-refractivity contribution >= 4 is 21.6 Å². The number of aliphatic hydroxyl groups excluding tert-OH is 1. The lowest BCUT2D eigenvalue weighted by molar-refractivity contribution is 0.179. The molecular weight excluding hydrogens is 310 g/mol. The number of nitrogens with one attached hydrogen (secondary N) is 1. The number of nitrogens with zero attached hydrogens (tertiary/aromatic N) is 2. The summed E-state index contributed by atoms with van der Waals surface area (Å²) in [4.78, 5) is 12.1. The number of halogens is 1. The van der Waals surface area contributed by atoms with Gasteiger partial charge >= 0.3 is 0 Å². The molecule has 0 saturated carbocycles. The van der Waals surface area contributed by atoms with Gasteiger partial charge in [-0.3, -0.25) is 4.79 Å². The molecule has 0 aliphatic carbocycles. The zero-order valence-corrected chi connectivity index (χ0v) is 13.3. The second-order valence-electron chi connectivity index (χ2n) is 4.88. The highest BCUT2D eigenvalue weighted by Gasteiger charge is 2.12. The molecule has 1 aromatic rings. The summed E-state index contributed by atoms with van der Waals surface area (Å²) in [6.07, 6.45) is 3.85. The maximum absolute atomic E-state index is 12.1. The van der Waals surface area contributed by atoms with Crippen LogP contribution in [0.4, 0.5) is 5.69 Å². The molecule has 0 aliphatic rings. The number of rotatable bonds is 7. The van der Waals surface area contributed by atoms with Crippen molar-refractivity contribution in [2.75, 3.05) is 5.32 Å². The number of hydrogen-bond donors (Lipinski definition) is 2. The number of aryl methyl sites for hydroxylation is 1. The third kappa shape index (κ3) is 4.95. The van der Waals surface area contributed by atoms with Gasteiger partial charge in [0.15, 0.2) is 0 Å². The Morgan fingerprint density at radius 3 is 2.79 bits per heavy atom. The molecule has 6 heteroatoms. The van der Waals surface area contributed by atoms with E-state index in [0.29, 0.717) is 23.1 Å². The van der Waals surface area contributed by atoms with E-state index in [2.05, 4.69) is 33.3 Å². The van der Waals surface area contributed by atoms with E-state index in [1.165, 1.54) is 4.68 Å². The van der Waals surface area contributed by atoms with Gasteiger partial charge in [-0.25, -0.2) is 4.68 Å². The summed E-state index contributed by atoms with van der Waals surface area (Å²) in [5.41, 5.74) is 0.550. The average molecular weight is 332 g/mol. The van der Waals surface area contributed by atoms with E-state index in [9.17, 15) is 9.90 Å². The molecule has 1 rings (SSSR count). The third-order valence-corrected chi connectivity index (χ3v) is 3.57. The zero-order valence-electron chi connectivity index (χ0n) is 11.7. The van der Waals surface area contributed by atoms with Crippen LogP contribution in [0.15, 0.2) is 15.5 Å². The van der Waals surface area contributed by atoms with Gasteiger partial charge in [0.1, 0.15) is 4.47 Å². The van der Waals surface area contributed by atoms with Crippen LogP contribution in [0.5, 0.6) is 0 Å². The second kappa shape index (κ2) is 7.65. The fraction of sp³-hybridized carbons (Fsp3) is 0.692. The van der Waals surface area contributed by atoms with Crippen LogP contribution in [0.3, 0.4) is 0 Å². The van der Waals surface area contributed by atoms with Crippen LogP contribution < -0.4 is 10.9 Å². The highest BCUT2D eigenvalue weighted by molar-refractivity contribution is 9.10. The predicted octanol–water partition coefficient (Wildman–Crippen LogP) is 2.38. The molecule has 0 saturated heterocycles. The number of unbranched alkanes of at least 4 members (excludes halogenated alkanes) is 1. The Morgan fingerprint density at radius 1 is 1.53 bits per heavy atom. The van der Waals surface area contributed by atoms with Crippen LogP contribution in [-0.4, -0.2) is 27.0 Å². The van der Waals surface area contributed by atoms with Gasteiger partial charge in [0, 0.05) is 12.6 Å². The maximum Gasteiger partial charge on any atom is 0.283 e. The summed E-state index contributed by atoms with van der Waals surface area (Å²) in [5.74, 6) is 0. The molecule has 0 aliphatic heterocycles. The Labute approximate surface area is 122 Å². The Morgan fingerprint density at radius 2 is 2.21 bits per heavy atom. The summed E-state index contributed by atoms with van der Waals surface area (Å²) in [7, 11) is 0. The van der Waals surface area contributed by atoms with E-state index in [-0.39, 0.29) is 17.7 Å². The minimum Gasteiger partial charge on any atom is -0.393 e. The van der Waals surface area contributed by atoms with Gasteiger partial charge in [-0.1, -0.05) is 13.3 Å². The Balaban J connectivity index is 2.81. The predicted molar refractivity (Wildman–Crippen MR) is 80.5 cm³/mol. The quantitative estimate of drug-likeness (QED) is 0.804. The highest BCUT2D eigenvalue weighted by atomic mass is 79.9. The molecular formula is C13H22BrN3O2. The highest BCUT2D eigenvalue weighted by Crippen LogP contribution is 2.18. The molecule has 0 amide bonds. The lowest BCUT2D eigenvalue weighted by Gasteiger charge is -2.17. The summed E-state index contributed by atoms with van der Waals surface area (Å²) < 4.78 is 1.97. The molecule has 0 bridgehead atoms. The average Bonchev–Trinajstić information content (AvgIpc) is 2.33. The van der Waals surface area contributed by atoms with E-state index in [0.717, 1.165) is 12.8 Å². The zero-order chi connectivity index (χ0) is 14.4. The van der Waals surface area contributed by atoms with Crippen LogP contribution in [0.1, 0.15) is 40.0 Å². The smallest absolute Gasteiger partial charge is 0.283 e. The van der Waals surface area contributed by atoms with E-state index >= 15 is 0 Å². The van der Waals surface area contributed by atoms with E-state index < -0.39 is 0 Å². The standard InChI is InChI=1S/C13H22BrN3O2/c1-4-5-6-17-13(19)12(14)11(8-15-17)16-9(2)7-10(3)18/h8-10,16,18H,4-7H2,1-3H3.